The number of halogens is 3. The van der Waals surface area contributed by atoms with Crippen molar-refractivity contribution in [3.63, 3.8) is 0 Å². The highest BCUT2D eigenvalue weighted by molar-refractivity contribution is 5.96. The lowest BCUT2D eigenvalue weighted by Crippen LogP contribution is -2.25. The fourth-order valence-corrected chi connectivity index (χ4v) is 4.18. The SMILES string of the molecule is CCCNC(=O)c1cccc(Cc2cc(Cc3cccc(C(F)(F)F)c3)ccn2)c1C1CC1. The molecular formula is C27H27F3N2O. The normalized spacial score (nSPS) is 13.7. The maximum Gasteiger partial charge on any atom is 0.416 e. The average Bonchev–Trinajstić information content (AvgIpc) is 3.62. The summed E-state index contributed by atoms with van der Waals surface area (Å²) >= 11 is 0. The molecule has 1 aromatic heterocycles. The van der Waals surface area contributed by atoms with E-state index in [2.05, 4.69) is 10.3 Å². The summed E-state index contributed by atoms with van der Waals surface area (Å²) in [7, 11) is 0. The first-order valence-corrected chi connectivity index (χ1v) is 11.3. The molecule has 1 N–H and O–H groups in total. The van der Waals surface area contributed by atoms with Crippen LogP contribution in [0.3, 0.4) is 0 Å². The minimum Gasteiger partial charge on any atom is -0.352 e. The first-order valence-electron chi connectivity index (χ1n) is 11.3. The number of aromatic nitrogens is 1. The van der Waals surface area contributed by atoms with Crippen LogP contribution in [0.5, 0.6) is 0 Å². The van der Waals surface area contributed by atoms with Gasteiger partial charge in [-0.05, 0) is 78.1 Å². The van der Waals surface area contributed by atoms with E-state index in [-0.39, 0.29) is 5.91 Å². The quantitative estimate of drug-likeness (QED) is 0.436. The Labute approximate surface area is 192 Å². The first kappa shape index (κ1) is 23.0. The Morgan fingerprint density at radius 2 is 1.79 bits per heavy atom. The summed E-state index contributed by atoms with van der Waals surface area (Å²) in [5.41, 5.74) is 4.65. The van der Waals surface area contributed by atoms with E-state index in [1.807, 2.05) is 37.3 Å². The Morgan fingerprint density at radius 1 is 1.03 bits per heavy atom. The van der Waals surface area contributed by atoms with Crippen LogP contribution in [0, 0.1) is 0 Å². The lowest BCUT2D eigenvalue weighted by atomic mass is 9.93. The van der Waals surface area contributed by atoms with E-state index in [4.69, 9.17) is 0 Å². The van der Waals surface area contributed by atoms with Crippen LogP contribution >= 0.6 is 0 Å². The van der Waals surface area contributed by atoms with Crippen molar-refractivity contribution < 1.29 is 18.0 Å². The molecule has 0 aliphatic heterocycles. The Morgan fingerprint density at radius 3 is 2.52 bits per heavy atom. The minimum absolute atomic E-state index is 0.0353. The number of amides is 1. The Kier molecular flexibility index (Phi) is 6.82. The van der Waals surface area contributed by atoms with Gasteiger partial charge in [-0.25, -0.2) is 0 Å². The smallest absolute Gasteiger partial charge is 0.352 e. The molecule has 1 amide bonds. The van der Waals surface area contributed by atoms with Crippen LogP contribution < -0.4 is 5.32 Å². The van der Waals surface area contributed by atoms with Crippen molar-refractivity contribution in [3.8, 4) is 0 Å². The number of hydrogen-bond acceptors (Lipinski definition) is 2. The zero-order chi connectivity index (χ0) is 23.4. The molecule has 2 aromatic carbocycles. The molecule has 0 saturated heterocycles. The Balaban J connectivity index is 1.56. The molecule has 0 atom stereocenters. The van der Waals surface area contributed by atoms with Crippen LogP contribution in [0.2, 0.25) is 0 Å². The van der Waals surface area contributed by atoms with Crippen molar-refractivity contribution in [1.82, 2.24) is 10.3 Å². The lowest BCUT2D eigenvalue weighted by molar-refractivity contribution is -0.137. The third kappa shape index (κ3) is 5.81. The van der Waals surface area contributed by atoms with Crippen molar-refractivity contribution in [1.29, 1.82) is 0 Å². The molecule has 0 bridgehead atoms. The van der Waals surface area contributed by atoms with E-state index in [1.165, 1.54) is 12.1 Å². The molecule has 33 heavy (non-hydrogen) atoms. The molecule has 0 radical (unpaired) electrons. The van der Waals surface area contributed by atoms with E-state index >= 15 is 0 Å². The van der Waals surface area contributed by atoms with E-state index < -0.39 is 11.7 Å². The fourth-order valence-electron chi connectivity index (χ4n) is 4.18. The van der Waals surface area contributed by atoms with Gasteiger partial charge < -0.3 is 5.32 Å². The molecule has 1 aliphatic carbocycles. The highest BCUT2D eigenvalue weighted by Gasteiger charge is 2.31. The molecule has 3 nitrogen and oxygen atoms in total. The summed E-state index contributed by atoms with van der Waals surface area (Å²) in [6.07, 6.45) is 1.36. The van der Waals surface area contributed by atoms with Gasteiger partial charge in [0.25, 0.3) is 5.91 Å². The van der Waals surface area contributed by atoms with E-state index in [9.17, 15) is 18.0 Å². The molecule has 4 rings (SSSR count). The zero-order valence-electron chi connectivity index (χ0n) is 18.6. The number of nitrogens with zero attached hydrogens (tertiary/aromatic N) is 1. The van der Waals surface area contributed by atoms with Crippen molar-refractivity contribution >= 4 is 5.91 Å². The fraction of sp³-hybridized carbons (Fsp3) is 0.333. The van der Waals surface area contributed by atoms with Gasteiger partial charge in [0.05, 0.1) is 5.56 Å². The van der Waals surface area contributed by atoms with Crippen LogP contribution in [0.1, 0.15) is 76.0 Å². The maximum absolute atomic E-state index is 13.0. The largest absolute Gasteiger partial charge is 0.416 e. The molecule has 1 saturated carbocycles. The maximum atomic E-state index is 13.0. The summed E-state index contributed by atoms with van der Waals surface area (Å²) < 4.78 is 39.1. The van der Waals surface area contributed by atoms with Gasteiger partial charge in [0.2, 0.25) is 0 Å². The molecule has 0 unspecified atom stereocenters. The van der Waals surface area contributed by atoms with Crippen molar-refractivity contribution in [3.05, 3.63) is 99.9 Å². The predicted molar refractivity (Wildman–Crippen MR) is 122 cm³/mol. The van der Waals surface area contributed by atoms with Gasteiger partial charge in [-0.3, -0.25) is 9.78 Å². The molecular weight excluding hydrogens is 425 g/mol. The number of carbonyl (C=O) groups is 1. The van der Waals surface area contributed by atoms with Crippen molar-refractivity contribution in [2.75, 3.05) is 6.54 Å². The minimum atomic E-state index is -4.35. The van der Waals surface area contributed by atoms with Gasteiger partial charge in [-0.2, -0.15) is 13.2 Å². The summed E-state index contributed by atoms with van der Waals surface area (Å²) in [5.74, 6) is 0.365. The lowest BCUT2D eigenvalue weighted by Gasteiger charge is -2.15. The highest BCUT2D eigenvalue weighted by atomic mass is 19.4. The number of nitrogens with one attached hydrogen (secondary N) is 1. The topological polar surface area (TPSA) is 42.0 Å². The molecule has 172 valence electrons. The standard InChI is InChI=1S/C27H27F3N2O/c1-2-12-32-26(33)24-8-4-6-21(25(24)20-9-10-20)17-23-16-19(11-13-31-23)14-18-5-3-7-22(15-18)27(28,29)30/h3-8,11,13,15-16,20H,2,9-10,12,14,17H2,1H3,(H,32,33). The predicted octanol–water partition coefficient (Wildman–Crippen LogP) is 6.30. The van der Waals surface area contributed by atoms with Crippen molar-refractivity contribution in [2.24, 2.45) is 0 Å². The second-order valence-corrected chi connectivity index (χ2v) is 8.62. The number of alkyl halides is 3. The van der Waals surface area contributed by atoms with Gasteiger partial charge in [0.15, 0.2) is 0 Å². The molecule has 6 heteroatoms. The van der Waals surface area contributed by atoms with Crippen molar-refractivity contribution in [2.45, 2.75) is 51.1 Å². The average molecular weight is 453 g/mol. The Bertz CT molecular complexity index is 1140. The first-order chi connectivity index (χ1) is 15.8. The highest BCUT2D eigenvalue weighted by Crippen LogP contribution is 2.44. The number of benzene rings is 2. The summed E-state index contributed by atoms with van der Waals surface area (Å²) in [6, 6.07) is 15.1. The molecule has 1 aliphatic rings. The molecule has 1 fully saturated rings. The van der Waals surface area contributed by atoms with Crippen LogP contribution in [-0.4, -0.2) is 17.4 Å². The number of rotatable bonds is 8. The van der Waals surface area contributed by atoms with Gasteiger partial charge >= 0.3 is 6.18 Å². The van der Waals surface area contributed by atoms with Gasteiger partial charge in [-0.15, -0.1) is 0 Å². The molecule has 3 aromatic rings. The summed E-state index contributed by atoms with van der Waals surface area (Å²) in [4.78, 5) is 17.2. The monoisotopic (exact) mass is 452 g/mol. The third-order valence-corrected chi connectivity index (χ3v) is 5.88. The Hall–Kier alpha value is -3.15. The van der Waals surface area contributed by atoms with Gasteiger partial charge in [-0.1, -0.05) is 37.3 Å². The molecule has 0 spiro atoms. The van der Waals surface area contributed by atoms with Crippen LogP contribution in [0.4, 0.5) is 13.2 Å². The zero-order valence-corrected chi connectivity index (χ0v) is 18.6. The van der Waals surface area contributed by atoms with Gasteiger partial charge in [0, 0.05) is 30.4 Å². The van der Waals surface area contributed by atoms with Crippen LogP contribution in [0.15, 0.2) is 60.8 Å². The third-order valence-electron chi connectivity index (χ3n) is 5.88. The van der Waals surface area contributed by atoms with E-state index in [0.29, 0.717) is 30.9 Å². The van der Waals surface area contributed by atoms with Crippen LogP contribution in [-0.2, 0) is 19.0 Å². The number of pyridine rings is 1. The van der Waals surface area contributed by atoms with Gasteiger partial charge in [0.1, 0.15) is 0 Å². The van der Waals surface area contributed by atoms with Crippen LogP contribution in [0.25, 0.3) is 0 Å². The second-order valence-electron chi connectivity index (χ2n) is 8.62. The van der Waals surface area contributed by atoms with E-state index in [0.717, 1.165) is 53.3 Å². The summed E-state index contributed by atoms with van der Waals surface area (Å²) in [6.45, 7) is 2.67. The second kappa shape index (κ2) is 9.77. The number of carbonyl (C=O) groups excluding carboxylic acids is 1. The summed E-state index contributed by atoms with van der Waals surface area (Å²) in [5, 5.41) is 2.98. The molecule has 1 heterocycles. The number of hydrogen-bond donors (Lipinski definition) is 1. The van der Waals surface area contributed by atoms with E-state index in [1.54, 1.807) is 12.3 Å².